The monoisotopic (exact) mass is 365 g/mol. The number of hydrogen-bond donors (Lipinski definition) is 1. The molecule has 1 N–H and O–H groups in total. The lowest BCUT2D eigenvalue weighted by Crippen LogP contribution is -2.28. The number of carbonyl (C=O) groups is 3. The molecule has 0 fully saturated rings. The van der Waals surface area contributed by atoms with E-state index < -0.39 is 11.9 Å². The molecule has 0 aliphatic carbocycles. The first kappa shape index (κ1) is 18.2. The normalized spacial score (nSPS) is 10.2. The topological polar surface area (TPSA) is 72.5 Å². The Morgan fingerprint density at radius 3 is 2.67 bits per heavy atom. The van der Waals surface area contributed by atoms with Crippen LogP contribution in [0.1, 0.15) is 28.1 Å². The number of thiophene rings is 1. The van der Waals surface area contributed by atoms with Crippen molar-refractivity contribution in [3.8, 4) is 0 Å². The molecule has 0 spiro atoms. The van der Waals surface area contributed by atoms with Crippen LogP contribution < -0.4 is 5.32 Å². The van der Waals surface area contributed by atoms with Gasteiger partial charge in [0.2, 0.25) is 0 Å². The highest BCUT2D eigenvalue weighted by Gasteiger charge is 2.12. The van der Waals surface area contributed by atoms with E-state index in [2.05, 4.69) is 5.32 Å². The maximum Gasteiger partial charge on any atom is 0.306 e. The molecule has 24 heavy (non-hydrogen) atoms. The van der Waals surface area contributed by atoms with Gasteiger partial charge in [-0.15, -0.1) is 11.3 Å². The summed E-state index contributed by atoms with van der Waals surface area (Å²) < 4.78 is 4.86. The van der Waals surface area contributed by atoms with Crippen molar-refractivity contribution in [3.05, 3.63) is 57.2 Å². The van der Waals surface area contributed by atoms with Crippen molar-refractivity contribution in [1.29, 1.82) is 0 Å². The molecular formula is C17H16ClNO4S. The molecule has 0 atom stereocenters. The number of hydrogen-bond acceptors (Lipinski definition) is 5. The fraction of sp³-hybridized carbons (Fsp3) is 0.235. The van der Waals surface area contributed by atoms with Gasteiger partial charge < -0.3 is 10.1 Å². The van der Waals surface area contributed by atoms with Crippen LogP contribution in [0.25, 0.3) is 0 Å². The molecule has 0 unspecified atom stereocenters. The molecule has 2 rings (SSSR count). The number of rotatable bonds is 8. The van der Waals surface area contributed by atoms with Gasteiger partial charge in [-0.05, 0) is 29.1 Å². The molecule has 1 amide bonds. The van der Waals surface area contributed by atoms with E-state index in [4.69, 9.17) is 16.3 Å². The van der Waals surface area contributed by atoms with Crippen LogP contribution >= 0.6 is 22.9 Å². The minimum atomic E-state index is -0.571. The van der Waals surface area contributed by atoms with E-state index in [0.29, 0.717) is 16.4 Å². The Hall–Kier alpha value is -2.18. The summed E-state index contributed by atoms with van der Waals surface area (Å²) >= 11 is 7.18. The molecule has 7 heteroatoms. The van der Waals surface area contributed by atoms with Crippen molar-refractivity contribution >= 4 is 40.6 Å². The molecule has 0 bridgehead atoms. The second-order valence-corrected chi connectivity index (χ2v) is 6.35. The van der Waals surface area contributed by atoms with E-state index in [1.807, 2.05) is 6.07 Å². The van der Waals surface area contributed by atoms with Crippen LogP contribution in [-0.4, -0.2) is 24.3 Å². The maximum atomic E-state index is 11.7. The van der Waals surface area contributed by atoms with Crippen molar-refractivity contribution in [1.82, 2.24) is 5.32 Å². The van der Waals surface area contributed by atoms with E-state index >= 15 is 0 Å². The van der Waals surface area contributed by atoms with E-state index in [0.717, 1.165) is 5.56 Å². The minimum absolute atomic E-state index is 0.0433. The van der Waals surface area contributed by atoms with E-state index in [-0.39, 0.29) is 25.2 Å². The quantitative estimate of drug-likeness (QED) is 0.576. The van der Waals surface area contributed by atoms with Crippen LogP contribution in [-0.2, 0) is 20.9 Å². The Labute approximate surface area is 148 Å². The fourth-order valence-electron chi connectivity index (χ4n) is 1.89. The Kier molecular flexibility index (Phi) is 6.96. The number of Topliss-reactive ketones (excluding diaryl/α,β-unsaturated/α-hetero) is 1. The lowest BCUT2D eigenvalue weighted by atomic mass is 10.2. The number of nitrogens with one attached hydrogen (secondary N) is 1. The van der Waals surface area contributed by atoms with Crippen LogP contribution in [0.15, 0.2) is 41.8 Å². The summed E-state index contributed by atoms with van der Waals surface area (Å²) in [5.74, 6) is -1.09. The highest BCUT2D eigenvalue weighted by atomic mass is 35.5. The highest BCUT2D eigenvalue weighted by Crippen LogP contribution is 2.12. The van der Waals surface area contributed by atoms with Gasteiger partial charge in [0, 0.05) is 18.0 Å². The van der Waals surface area contributed by atoms with Gasteiger partial charge >= 0.3 is 5.97 Å². The number of ether oxygens (including phenoxy) is 1. The molecule has 0 saturated carbocycles. The van der Waals surface area contributed by atoms with E-state index in [9.17, 15) is 14.4 Å². The summed E-state index contributed by atoms with van der Waals surface area (Å²) in [6, 6.07) is 10.6. The zero-order chi connectivity index (χ0) is 17.4. The van der Waals surface area contributed by atoms with Crippen molar-refractivity contribution in [2.24, 2.45) is 0 Å². The van der Waals surface area contributed by atoms with E-state index in [1.165, 1.54) is 11.3 Å². The van der Waals surface area contributed by atoms with Crippen molar-refractivity contribution in [2.45, 2.75) is 19.4 Å². The molecule has 1 heterocycles. The Morgan fingerprint density at radius 1 is 1.12 bits per heavy atom. The zero-order valence-corrected chi connectivity index (χ0v) is 14.4. The van der Waals surface area contributed by atoms with Crippen LogP contribution in [0.5, 0.6) is 0 Å². The van der Waals surface area contributed by atoms with Crippen LogP contribution in [0, 0.1) is 0 Å². The lowest BCUT2D eigenvalue weighted by molar-refractivity contribution is -0.148. The first-order valence-electron chi connectivity index (χ1n) is 7.28. The third-order valence-corrected chi connectivity index (χ3v) is 4.24. The van der Waals surface area contributed by atoms with Crippen LogP contribution in [0.2, 0.25) is 5.02 Å². The summed E-state index contributed by atoms with van der Waals surface area (Å²) in [5.41, 5.74) is 0.851. The average molecular weight is 366 g/mol. The first-order valence-corrected chi connectivity index (χ1v) is 8.54. The highest BCUT2D eigenvalue weighted by molar-refractivity contribution is 7.12. The minimum Gasteiger partial charge on any atom is -0.456 e. The second-order valence-electron chi connectivity index (χ2n) is 4.97. The van der Waals surface area contributed by atoms with Crippen LogP contribution in [0.4, 0.5) is 0 Å². The Balaban J connectivity index is 1.64. The standard InChI is InChI=1S/C17H16ClNO4S/c18-13-4-1-3-12(9-13)10-19-16(21)11-23-17(22)7-6-14(20)15-5-2-8-24-15/h1-5,8-9H,6-7,10-11H2,(H,19,21). The van der Waals surface area contributed by atoms with Crippen molar-refractivity contribution < 1.29 is 19.1 Å². The molecule has 1 aromatic heterocycles. The van der Waals surface area contributed by atoms with E-state index in [1.54, 1.807) is 35.7 Å². The number of benzene rings is 1. The second kappa shape index (κ2) is 9.20. The molecule has 126 valence electrons. The molecule has 0 aliphatic rings. The predicted molar refractivity (Wildman–Crippen MR) is 92.1 cm³/mol. The van der Waals surface area contributed by atoms with Gasteiger partial charge in [0.1, 0.15) is 0 Å². The third-order valence-electron chi connectivity index (χ3n) is 3.10. The SMILES string of the molecule is O=C(COC(=O)CCC(=O)c1cccs1)NCc1cccc(Cl)c1. The molecule has 2 aromatic rings. The van der Waals surface area contributed by atoms with Crippen molar-refractivity contribution in [3.63, 3.8) is 0 Å². The number of ketones is 1. The van der Waals surface area contributed by atoms with Gasteiger partial charge in [0.05, 0.1) is 11.3 Å². The summed E-state index contributed by atoms with van der Waals surface area (Å²) in [5, 5.41) is 5.02. The average Bonchev–Trinajstić information content (AvgIpc) is 3.10. The van der Waals surface area contributed by atoms with Gasteiger partial charge in [-0.1, -0.05) is 29.8 Å². The smallest absolute Gasteiger partial charge is 0.306 e. The lowest BCUT2D eigenvalue weighted by Gasteiger charge is -2.07. The number of carbonyl (C=O) groups excluding carboxylic acids is 3. The molecule has 0 saturated heterocycles. The van der Waals surface area contributed by atoms with Gasteiger partial charge in [0.25, 0.3) is 5.91 Å². The summed E-state index contributed by atoms with van der Waals surface area (Å²) in [7, 11) is 0. The largest absolute Gasteiger partial charge is 0.456 e. The number of amides is 1. The van der Waals surface area contributed by atoms with Gasteiger partial charge in [0.15, 0.2) is 12.4 Å². The third kappa shape index (κ3) is 6.14. The van der Waals surface area contributed by atoms with Gasteiger partial charge in [-0.2, -0.15) is 0 Å². The zero-order valence-electron chi connectivity index (χ0n) is 12.8. The molecule has 0 aliphatic heterocycles. The molecular weight excluding hydrogens is 350 g/mol. The van der Waals surface area contributed by atoms with Gasteiger partial charge in [-0.3, -0.25) is 14.4 Å². The van der Waals surface area contributed by atoms with Crippen LogP contribution in [0.3, 0.4) is 0 Å². The first-order chi connectivity index (χ1) is 11.5. The van der Waals surface area contributed by atoms with Gasteiger partial charge in [-0.25, -0.2) is 0 Å². The van der Waals surface area contributed by atoms with Crippen molar-refractivity contribution in [2.75, 3.05) is 6.61 Å². The molecule has 1 aromatic carbocycles. The maximum absolute atomic E-state index is 11.7. The summed E-state index contributed by atoms with van der Waals surface area (Å²) in [6.07, 6.45) is 0.0296. The summed E-state index contributed by atoms with van der Waals surface area (Å²) in [6.45, 7) is -0.0690. The molecule has 0 radical (unpaired) electrons. The Bertz CT molecular complexity index is 715. The fourth-order valence-corrected chi connectivity index (χ4v) is 2.80. The number of esters is 1. The molecule has 5 nitrogen and oxygen atoms in total. The number of halogens is 1. The Morgan fingerprint density at radius 2 is 1.96 bits per heavy atom. The predicted octanol–water partition coefficient (Wildman–Crippen LogP) is 3.22. The summed E-state index contributed by atoms with van der Waals surface area (Å²) in [4.78, 5) is 35.6.